The topological polar surface area (TPSA) is 60.1 Å². The number of fused-ring (bicyclic) bond motifs is 1. The van der Waals surface area contributed by atoms with Crippen LogP contribution in [0.5, 0.6) is 0 Å². The van der Waals surface area contributed by atoms with Crippen molar-refractivity contribution in [2.24, 2.45) is 0 Å². The molecule has 1 N–H and O–H groups in total. The molecule has 4 heteroatoms. The van der Waals surface area contributed by atoms with E-state index >= 15 is 0 Å². The Hall–Kier alpha value is -1.60. The molecular weight excluding hydrogens is 250 g/mol. The molecule has 1 heterocycles. The number of pyridine rings is 1. The van der Waals surface area contributed by atoms with Crippen LogP contribution in [0.1, 0.15) is 55.0 Å². The Morgan fingerprint density at radius 3 is 2.50 bits per heavy atom. The van der Waals surface area contributed by atoms with E-state index in [1.165, 1.54) is 17.5 Å². The molecule has 0 spiro atoms. The first-order valence-electron chi connectivity index (χ1n) is 7.37. The maximum atomic E-state index is 9.54. The number of aliphatic hydroxyl groups excluding tert-OH is 1. The van der Waals surface area contributed by atoms with Crippen molar-refractivity contribution in [3.63, 3.8) is 0 Å². The third-order valence-corrected chi connectivity index (χ3v) is 3.98. The van der Waals surface area contributed by atoms with Gasteiger partial charge in [-0.15, -0.1) is 0 Å². The van der Waals surface area contributed by atoms with Crippen LogP contribution in [0.3, 0.4) is 0 Å². The highest BCUT2D eigenvalue weighted by Gasteiger charge is 2.24. The van der Waals surface area contributed by atoms with Crippen molar-refractivity contribution in [2.75, 3.05) is 25.1 Å². The van der Waals surface area contributed by atoms with E-state index in [1.54, 1.807) is 0 Å². The summed E-state index contributed by atoms with van der Waals surface area (Å²) in [6.07, 6.45) is 4.34. The Bertz CT molecular complexity index is 532. The first-order chi connectivity index (χ1) is 9.60. The quantitative estimate of drug-likeness (QED) is 0.915. The van der Waals surface area contributed by atoms with Gasteiger partial charge in [-0.3, -0.25) is 0 Å². The average molecular weight is 273 g/mol. The summed E-state index contributed by atoms with van der Waals surface area (Å²) in [6.45, 7) is 4.87. The Morgan fingerprint density at radius 2 is 1.95 bits per heavy atom. The minimum Gasteiger partial charge on any atom is -0.395 e. The number of rotatable bonds is 4. The molecule has 0 unspecified atom stereocenters. The minimum absolute atomic E-state index is 0.0666. The van der Waals surface area contributed by atoms with E-state index in [2.05, 4.69) is 19.9 Å². The van der Waals surface area contributed by atoms with E-state index < -0.39 is 0 Å². The summed E-state index contributed by atoms with van der Waals surface area (Å²) in [6, 6.07) is 2.34. The van der Waals surface area contributed by atoms with Crippen LogP contribution in [0.25, 0.3) is 0 Å². The summed E-state index contributed by atoms with van der Waals surface area (Å²) >= 11 is 0. The number of nitrogens with zero attached hydrogens (tertiary/aromatic N) is 3. The predicted molar refractivity (Wildman–Crippen MR) is 80.0 cm³/mol. The number of aliphatic hydroxyl groups is 1. The second kappa shape index (κ2) is 6.23. The van der Waals surface area contributed by atoms with Gasteiger partial charge in [0.15, 0.2) is 0 Å². The molecule has 0 saturated heterocycles. The van der Waals surface area contributed by atoms with Crippen LogP contribution in [0.15, 0.2) is 0 Å². The van der Waals surface area contributed by atoms with Crippen molar-refractivity contribution in [3.05, 3.63) is 22.4 Å². The third kappa shape index (κ3) is 2.64. The molecule has 1 aromatic rings. The number of hydrogen-bond acceptors (Lipinski definition) is 4. The summed E-state index contributed by atoms with van der Waals surface area (Å²) < 4.78 is 0. The first-order valence-corrected chi connectivity index (χ1v) is 7.37. The van der Waals surface area contributed by atoms with Gasteiger partial charge in [0, 0.05) is 19.3 Å². The Balaban J connectivity index is 2.62. The first kappa shape index (κ1) is 14.8. The van der Waals surface area contributed by atoms with Crippen molar-refractivity contribution in [3.8, 4) is 6.07 Å². The third-order valence-electron chi connectivity index (χ3n) is 3.98. The number of nitriles is 1. The molecule has 4 nitrogen and oxygen atoms in total. The molecule has 0 atom stereocenters. The molecule has 2 rings (SSSR count). The molecule has 0 saturated carbocycles. The second-order valence-corrected chi connectivity index (χ2v) is 5.77. The standard InChI is InChI=1S/C16H23N3O/c1-11(2)15-13-7-5-4-6-12(13)14(10-17)16(18-15)19(3)8-9-20/h11,20H,4-9H2,1-3H3. The van der Waals surface area contributed by atoms with E-state index in [1.807, 2.05) is 11.9 Å². The van der Waals surface area contributed by atoms with E-state index in [4.69, 9.17) is 10.1 Å². The van der Waals surface area contributed by atoms with Gasteiger partial charge < -0.3 is 10.0 Å². The Morgan fingerprint density at radius 1 is 1.30 bits per heavy atom. The molecule has 1 aromatic heterocycles. The molecule has 0 aromatic carbocycles. The van der Waals surface area contributed by atoms with Gasteiger partial charge in [0.1, 0.15) is 11.9 Å². The highest BCUT2D eigenvalue weighted by molar-refractivity contribution is 5.61. The molecule has 108 valence electrons. The lowest BCUT2D eigenvalue weighted by Gasteiger charge is -2.27. The highest BCUT2D eigenvalue weighted by atomic mass is 16.3. The zero-order valence-corrected chi connectivity index (χ0v) is 12.6. The van der Waals surface area contributed by atoms with Gasteiger partial charge in [-0.2, -0.15) is 5.26 Å². The molecule has 1 aliphatic carbocycles. The number of aromatic nitrogens is 1. The van der Waals surface area contributed by atoms with Crippen molar-refractivity contribution in [1.29, 1.82) is 5.26 Å². The van der Waals surface area contributed by atoms with Crippen LogP contribution in [-0.4, -0.2) is 30.3 Å². The fraction of sp³-hybridized carbons (Fsp3) is 0.625. The Kier molecular flexibility index (Phi) is 4.61. The van der Waals surface area contributed by atoms with Gasteiger partial charge in [0.25, 0.3) is 0 Å². The van der Waals surface area contributed by atoms with Gasteiger partial charge >= 0.3 is 0 Å². The molecule has 0 aliphatic heterocycles. The molecular formula is C16H23N3O. The van der Waals surface area contributed by atoms with Crippen LogP contribution in [0.2, 0.25) is 0 Å². The molecule has 0 radical (unpaired) electrons. The van der Waals surface area contributed by atoms with Crippen molar-refractivity contribution >= 4 is 5.82 Å². The number of hydrogen-bond donors (Lipinski definition) is 1. The summed E-state index contributed by atoms with van der Waals surface area (Å²) in [5.41, 5.74) is 4.32. The normalized spacial score (nSPS) is 14.0. The maximum Gasteiger partial charge on any atom is 0.146 e. The number of likely N-dealkylation sites (N-methyl/N-ethyl adjacent to an activating group) is 1. The van der Waals surface area contributed by atoms with Crippen LogP contribution in [-0.2, 0) is 12.8 Å². The molecule has 0 fully saturated rings. The van der Waals surface area contributed by atoms with Gasteiger partial charge in [-0.05, 0) is 42.7 Å². The fourth-order valence-electron chi connectivity index (χ4n) is 2.96. The van der Waals surface area contributed by atoms with Crippen molar-refractivity contribution < 1.29 is 5.11 Å². The lowest BCUT2D eigenvalue weighted by atomic mass is 9.85. The van der Waals surface area contributed by atoms with Gasteiger partial charge in [-0.25, -0.2) is 4.98 Å². The van der Waals surface area contributed by atoms with E-state index in [0.717, 1.165) is 30.8 Å². The SMILES string of the molecule is CC(C)c1nc(N(C)CCO)c(C#N)c2c1CCCC2. The zero-order chi connectivity index (χ0) is 14.7. The summed E-state index contributed by atoms with van der Waals surface area (Å²) in [5.74, 6) is 1.08. The largest absolute Gasteiger partial charge is 0.395 e. The second-order valence-electron chi connectivity index (χ2n) is 5.77. The monoisotopic (exact) mass is 273 g/mol. The maximum absolute atomic E-state index is 9.54. The van der Waals surface area contributed by atoms with E-state index in [9.17, 15) is 5.26 Å². The smallest absolute Gasteiger partial charge is 0.146 e. The van der Waals surface area contributed by atoms with Gasteiger partial charge in [-0.1, -0.05) is 13.8 Å². The van der Waals surface area contributed by atoms with Gasteiger partial charge in [0.05, 0.1) is 12.2 Å². The zero-order valence-electron chi connectivity index (χ0n) is 12.6. The lowest BCUT2D eigenvalue weighted by Crippen LogP contribution is -2.26. The van der Waals surface area contributed by atoms with Crippen molar-refractivity contribution in [2.45, 2.75) is 45.4 Å². The summed E-state index contributed by atoms with van der Waals surface area (Å²) in [4.78, 5) is 6.66. The molecule has 0 amide bonds. The average Bonchev–Trinajstić information content (AvgIpc) is 2.45. The van der Waals surface area contributed by atoms with E-state index in [-0.39, 0.29) is 6.61 Å². The Labute approximate surface area is 121 Å². The van der Waals surface area contributed by atoms with Crippen LogP contribution >= 0.6 is 0 Å². The van der Waals surface area contributed by atoms with Gasteiger partial charge in [0.2, 0.25) is 0 Å². The lowest BCUT2D eigenvalue weighted by molar-refractivity contribution is 0.303. The van der Waals surface area contributed by atoms with Crippen LogP contribution < -0.4 is 4.90 Å². The molecule has 1 aliphatic rings. The summed E-state index contributed by atoms with van der Waals surface area (Å²) in [7, 11) is 1.89. The van der Waals surface area contributed by atoms with Crippen LogP contribution in [0, 0.1) is 11.3 Å². The van der Waals surface area contributed by atoms with Crippen LogP contribution in [0.4, 0.5) is 5.82 Å². The molecule has 0 bridgehead atoms. The minimum atomic E-state index is 0.0666. The summed E-state index contributed by atoms with van der Waals surface area (Å²) in [5, 5.41) is 18.7. The molecule has 20 heavy (non-hydrogen) atoms. The highest BCUT2D eigenvalue weighted by Crippen LogP contribution is 2.34. The predicted octanol–water partition coefficient (Wildman–Crippen LogP) is 2.38. The number of anilines is 1. The fourth-order valence-corrected chi connectivity index (χ4v) is 2.96. The van der Waals surface area contributed by atoms with Crippen molar-refractivity contribution in [1.82, 2.24) is 4.98 Å². The van der Waals surface area contributed by atoms with E-state index in [0.29, 0.717) is 18.0 Å².